The Kier molecular flexibility index (Phi) is 9.05. The van der Waals surface area contributed by atoms with Crippen LogP contribution < -0.4 is 9.64 Å². The maximum atomic E-state index is 15.3. The number of piperidine rings is 1. The number of fused-ring (bicyclic) bond motifs is 4. The van der Waals surface area contributed by atoms with Crippen LogP contribution in [0.2, 0.25) is 0 Å². The standard InChI is InChI=1S/C39H32Cl2F5N3O6/c1-55-25-15-20(50)7-8-22(25)27-21-9-10-23-26(35(52)48(34(23)51)19-11-13-47(14-12-19)17-18-5-3-2-4-6-18)24(21)16-38(40)36(53)49(37(54)39(27,38)41)33-31(45)29(43)28(42)30(44)32(33)46/h2-9,15,19,23-24,26-27,50H,10-14,16-17H2,1H3/t23-,24+,26-,27+,38+,39-/m0/s1. The molecule has 0 spiro atoms. The normalized spacial score (nSPS) is 29.7. The number of likely N-dealkylation sites (tertiary alicyclic amines) is 2. The van der Waals surface area contributed by atoms with Crippen molar-refractivity contribution in [3.05, 3.63) is 100 Å². The molecule has 3 saturated heterocycles. The Morgan fingerprint density at radius 3 is 2.11 bits per heavy atom. The number of carbonyl (C=O) groups excluding carboxylic acids is 4. The molecule has 16 heteroatoms. The van der Waals surface area contributed by atoms with E-state index in [0.29, 0.717) is 32.5 Å². The molecule has 0 radical (unpaired) electrons. The van der Waals surface area contributed by atoms with Crippen LogP contribution in [0, 0.1) is 46.8 Å². The smallest absolute Gasteiger partial charge is 0.258 e. The molecule has 4 amide bonds. The van der Waals surface area contributed by atoms with E-state index >= 15 is 8.78 Å². The lowest BCUT2D eigenvalue weighted by Crippen LogP contribution is -2.60. The molecule has 0 aromatic heterocycles. The molecule has 3 heterocycles. The number of hydrogen-bond acceptors (Lipinski definition) is 7. The summed E-state index contributed by atoms with van der Waals surface area (Å²) < 4.78 is 79.3. The number of anilines is 1. The second-order valence-corrected chi connectivity index (χ2v) is 15.9. The molecular weight excluding hydrogens is 772 g/mol. The SMILES string of the molecule is COc1cc(O)ccc1[C@H]1C2=CC[C@@H]3C(=O)N(C4CCN(Cc5ccccc5)CC4)C(=O)[C@@H]3[C@@H]2C[C@@]2(Cl)C(=O)N(c3c(F)c(F)c(F)c(F)c3F)C(=O)[C@@]12Cl. The maximum absolute atomic E-state index is 15.3. The van der Waals surface area contributed by atoms with E-state index in [1.54, 1.807) is 6.08 Å². The highest BCUT2D eigenvalue weighted by molar-refractivity contribution is 6.58. The highest BCUT2D eigenvalue weighted by Gasteiger charge is 2.77. The lowest BCUT2D eigenvalue weighted by molar-refractivity contribution is -0.144. The van der Waals surface area contributed by atoms with Crippen molar-refractivity contribution in [2.24, 2.45) is 17.8 Å². The van der Waals surface area contributed by atoms with E-state index in [4.69, 9.17) is 27.9 Å². The van der Waals surface area contributed by atoms with E-state index in [1.807, 2.05) is 30.3 Å². The van der Waals surface area contributed by atoms with Crippen molar-refractivity contribution in [1.82, 2.24) is 9.80 Å². The number of rotatable bonds is 6. The molecule has 55 heavy (non-hydrogen) atoms. The Morgan fingerprint density at radius 2 is 1.47 bits per heavy atom. The number of allylic oxidation sites excluding steroid dienone is 2. The molecule has 4 fully saturated rings. The number of amides is 4. The molecule has 1 N–H and O–H groups in total. The average Bonchev–Trinajstić information content (AvgIpc) is 3.52. The van der Waals surface area contributed by atoms with Gasteiger partial charge in [-0.15, -0.1) is 23.2 Å². The fourth-order valence-electron chi connectivity index (χ4n) is 9.41. The van der Waals surface area contributed by atoms with Gasteiger partial charge in [0.15, 0.2) is 33.0 Å². The van der Waals surface area contributed by atoms with Crippen molar-refractivity contribution < 1.29 is 51.0 Å². The van der Waals surface area contributed by atoms with E-state index in [-0.39, 0.29) is 34.0 Å². The van der Waals surface area contributed by atoms with E-state index in [9.17, 15) is 37.5 Å². The maximum Gasteiger partial charge on any atom is 0.258 e. The second kappa shape index (κ2) is 13.3. The molecule has 3 aromatic carbocycles. The number of aromatic hydroxyl groups is 1. The monoisotopic (exact) mass is 803 g/mol. The molecule has 0 bridgehead atoms. The number of nitrogens with zero attached hydrogens (tertiary/aromatic N) is 3. The highest BCUT2D eigenvalue weighted by atomic mass is 35.5. The van der Waals surface area contributed by atoms with Crippen molar-refractivity contribution in [3.8, 4) is 11.5 Å². The summed E-state index contributed by atoms with van der Waals surface area (Å²) in [5.74, 6) is -21.2. The van der Waals surface area contributed by atoms with Crippen LogP contribution in [0.4, 0.5) is 27.6 Å². The van der Waals surface area contributed by atoms with Crippen molar-refractivity contribution in [2.45, 2.75) is 53.9 Å². The summed E-state index contributed by atoms with van der Waals surface area (Å²) >= 11 is 14.4. The third-order valence-electron chi connectivity index (χ3n) is 12.0. The molecule has 3 aromatic rings. The van der Waals surface area contributed by atoms with Crippen LogP contribution in [0.1, 0.15) is 42.7 Å². The van der Waals surface area contributed by atoms with Gasteiger partial charge >= 0.3 is 0 Å². The van der Waals surface area contributed by atoms with E-state index < -0.39 is 104 Å². The first-order chi connectivity index (χ1) is 26.1. The van der Waals surface area contributed by atoms with E-state index in [0.717, 1.165) is 5.56 Å². The van der Waals surface area contributed by atoms with Crippen LogP contribution in [0.25, 0.3) is 0 Å². The number of halogens is 7. The Hall–Kier alpha value is -4.53. The molecule has 1 saturated carbocycles. The first-order valence-electron chi connectivity index (χ1n) is 17.6. The van der Waals surface area contributed by atoms with Gasteiger partial charge in [-0.25, -0.2) is 26.9 Å². The molecule has 8 rings (SSSR count). The van der Waals surface area contributed by atoms with Crippen LogP contribution in [-0.4, -0.2) is 74.5 Å². The number of ether oxygens (including phenoxy) is 1. The van der Waals surface area contributed by atoms with Crippen molar-refractivity contribution in [2.75, 3.05) is 25.1 Å². The molecule has 288 valence electrons. The van der Waals surface area contributed by atoms with Crippen LogP contribution in [-0.2, 0) is 25.7 Å². The molecule has 2 aliphatic carbocycles. The average molecular weight is 805 g/mol. The van der Waals surface area contributed by atoms with Crippen LogP contribution in [0.5, 0.6) is 11.5 Å². The summed E-state index contributed by atoms with van der Waals surface area (Å²) in [6.45, 7) is 1.93. The highest BCUT2D eigenvalue weighted by Crippen LogP contribution is 2.67. The predicted molar refractivity (Wildman–Crippen MR) is 188 cm³/mol. The van der Waals surface area contributed by atoms with E-state index in [1.165, 1.54) is 30.2 Å². The third kappa shape index (κ3) is 5.27. The number of hydrogen-bond donors (Lipinski definition) is 1. The lowest BCUT2D eigenvalue weighted by atomic mass is 9.56. The van der Waals surface area contributed by atoms with Gasteiger partial charge in [-0.05, 0) is 43.2 Å². The van der Waals surface area contributed by atoms with Gasteiger partial charge in [0, 0.05) is 43.2 Å². The van der Waals surface area contributed by atoms with Gasteiger partial charge in [0.1, 0.15) is 17.2 Å². The first kappa shape index (κ1) is 37.4. The number of carbonyl (C=O) groups is 4. The first-order valence-corrected chi connectivity index (χ1v) is 18.4. The summed E-state index contributed by atoms with van der Waals surface area (Å²) in [5.41, 5.74) is -0.378. The lowest BCUT2D eigenvalue weighted by Gasteiger charge is -2.51. The summed E-state index contributed by atoms with van der Waals surface area (Å²) in [6, 6.07) is 13.2. The van der Waals surface area contributed by atoms with Crippen LogP contribution >= 0.6 is 23.2 Å². The fraction of sp³-hybridized carbons (Fsp3) is 0.385. The minimum atomic E-state index is -2.71. The van der Waals surface area contributed by atoms with Crippen molar-refractivity contribution in [3.63, 3.8) is 0 Å². The van der Waals surface area contributed by atoms with Gasteiger partial charge in [0.2, 0.25) is 17.6 Å². The number of alkyl halides is 2. The minimum absolute atomic E-state index is 0.0209. The molecule has 6 atom stereocenters. The number of benzene rings is 3. The topological polar surface area (TPSA) is 107 Å². The zero-order valence-corrected chi connectivity index (χ0v) is 30.5. The summed E-state index contributed by atoms with van der Waals surface area (Å²) in [6.07, 6.45) is 2.06. The van der Waals surface area contributed by atoms with Gasteiger partial charge in [-0.1, -0.05) is 48.0 Å². The summed E-state index contributed by atoms with van der Waals surface area (Å²) in [5, 5.41) is 10.3. The Bertz CT molecular complexity index is 2170. The third-order valence-corrected chi connectivity index (χ3v) is 13.4. The Labute approximate surface area is 321 Å². The Morgan fingerprint density at radius 1 is 0.836 bits per heavy atom. The number of phenols is 1. The molecule has 9 nitrogen and oxygen atoms in total. The fourth-order valence-corrected chi connectivity index (χ4v) is 10.3. The number of imide groups is 2. The predicted octanol–water partition coefficient (Wildman–Crippen LogP) is 6.32. The zero-order chi connectivity index (χ0) is 39.3. The summed E-state index contributed by atoms with van der Waals surface area (Å²) in [7, 11) is 1.24. The zero-order valence-electron chi connectivity index (χ0n) is 29.0. The van der Waals surface area contributed by atoms with Gasteiger partial charge < -0.3 is 9.84 Å². The second-order valence-electron chi connectivity index (χ2n) is 14.7. The Balaban J connectivity index is 1.20. The largest absolute Gasteiger partial charge is 0.508 e. The minimum Gasteiger partial charge on any atom is -0.508 e. The van der Waals surface area contributed by atoms with Crippen molar-refractivity contribution in [1.29, 1.82) is 0 Å². The van der Waals surface area contributed by atoms with Crippen molar-refractivity contribution >= 4 is 52.5 Å². The number of methoxy groups -OCH3 is 1. The summed E-state index contributed by atoms with van der Waals surface area (Å²) in [4.78, 5) is 55.5. The number of phenolic OH excluding ortho intramolecular Hbond substituents is 1. The molecule has 0 unspecified atom stereocenters. The molecule has 5 aliphatic rings. The van der Waals surface area contributed by atoms with Gasteiger partial charge in [-0.3, -0.25) is 29.0 Å². The van der Waals surface area contributed by atoms with Gasteiger partial charge in [0.25, 0.3) is 11.8 Å². The van der Waals surface area contributed by atoms with Gasteiger partial charge in [-0.2, -0.15) is 0 Å². The quantitative estimate of drug-likeness (QED) is 0.0777. The molecular formula is C39H32Cl2F5N3O6. The van der Waals surface area contributed by atoms with E-state index in [2.05, 4.69) is 4.90 Å². The van der Waals surface area contributed by atoms with Crippen LogP contribution in [0.15, 0.2) is 60.2 Å². The molecule has 3 aliphatic heterocycles. The van der Waals surface area contributed by atoms with Gasteiger partial charge in [0.05, 0.1) is 18.9 Å². The van der Waals surface area contributed by atoms with Crippen LogP contribution in [0.3, 0.4) is 0 Å².